The van der Waals surface area contributed by atoms with Gasteiger partial charge < -0.3 is 30.2 Å². The molecule has 0 bridgehead atoms. The van der Waals surface area contributed by atoms with Gasteiger partial charge in [-0.1, -0.05) is 12.1 Å². The van der Waals surface area contributed by atoms with Gasteiger partial charge in [0.25, 0.3) is 5.91 Å². The van der Waals surface area contributed by atoms with Crippen molar-refractivity contribution in [1.29, 1.82) is 0 Å². The average Bonchev–Trinajstić information content (AvgIpc) is 2.76. The number of benzene rings is 2. The van der Waals surface area contributed by atoms with Crippen molar-refractivity contribution in [3.05, 3.63) is 54.1 Å². The largest absolute Gasteiger partial charge is 0.494 e. The van der Waals surface area contributed by atoms with E-state index in [4.69, 9.17) is 14.2 Å². The molecular weight excluding hydrogens is 426 g/mol. The van der Waals surface area contributed by atoms with Crippen molar-refractivity contribution < 1.29 is 28.6 Å². The summed E-state index contributed by atoms with van der Waals surface area (Å²) in [5.41, 5.74) is 0.793. The van der Waals surface area contributed by atoms with Crippen LogP contribution in [-0.4, -0.2) is 43.3 Å². The molecule has 0 aliphatic heterocycles. The van der Waals surface area contributed by atoms with Gasteiger partial charge in [-0.2, -0.15) is 0 Å². The van der Waals surface area contributed by atoms with E-state index in [0.29, 0.717) is 24.6 Å². The molecule has 9 heteroatoms. The summed E-state index contributed by atoms with van der Waals surface area (Å²) in [4.78, 5) is 35.6. The highest BCUT2D eigenvalue weighted by Gasteiger charge is 2.16. The molecule has 2 aromatic carbocycles. The summed E-state index contributed by atoms with van der Waals surface area (Å²) in [6.07, 6.45) is -0.657. The quantitative estimate of drug-likeness (QED) is 0.505. The summed E-state index contributed by atoms with van der Waals surface area (Å²) < 4.78 is 15.9. The fraction of sp³-hybridized carbons (Fsp3) is 0.375. The minimum atomic E-state index is -0.657. The Bertz CT molecular complexity index is 921. The van der Waals surface area contributed by atoms with Gasteiger partial charge in [0, 0.05) is 12.2 Å². The van der Waals surface area contributed by atoms with E-state index in [1.807, 2.05) is 6.92 Å². The van der Waals surface area contributed by atoms with Crippen LogP contribution < -0.4 is 25.4 Å². The molecule has 33 heavy (non-hydrogen) atoms. The van der Waals surface area contributed by atoms with Crippen LogP contribution in [0, 0.1) is 0 Å². The Morgan fingerprint density at radius 1 is 0.818 bits per heavy atom. The Morgan fingerprint density at radius 2 is 1.42 bits per heavy atom. The smallest absolute Gasteiger partial charge is 0.408 e. The summed E-state index contributed by atoms with van der Waals surface area (Å²) in [6, 6.07) is 14.0. The Hall–Kier alpha value is -3.75. The van der Waals surface area contributed by atoms with Gasteiger partial charge in [-0.25, -0.2) is 4.79 Å². The normalized spacial score (nSPS) is 10.7. The summed E-state index contributed by atoms with van der Waals surface area (Å²) in [5, 5.41) is 7.85. The third kappa shape index (κ3) is 10.4. The van der Waals surface area contributed by atoms with Gasteiger partial charge >= 0.3 is 6.09 Å². The molecule has 3 amide bonds. The van der Waals surface area contributed by atoms with Crippen LogP contribution in [0.5, 0.6) is 11.5 Å². The maximum atomic E-state index is 12.0. The molecule has 3 N–H and O–H groups in total. The lowest BCUT2D eigenvalue weighted by molar-refractivity contribution is -0.123. The van der Waals surface area contributed by atoms with E-state index in [9.17, 15) is 14.4 Å². The van der Waals surface area contributed by atoms with Crippen LogP contribution in [0.4, 0.5) is 10.5 Å². The van der Waals surface area contributed by atoms with Gasteiger partial charge in [-0.15, -0.1) is 0 Å². The number of ether oxygens (including phenoxy) is 3. The van der Waals surface area contributed by atoms with Crippen LogP contribution in [-0.2, 0) is 20.9 Å². The summed E-state index contributed by atoms with van der Waals surface area (Å²) in [6.45, 7) is 7.72. The zero-order valence-electron chi connectivity index (χ0n) is 19.4. The molecule has 0 saturated heterocycles. The molecule has 0 saturated carbocycles. The molecule has 2 rings (SSSR count). The van der Waals surface area contributed by atoms with Crippen molar-refractivity contribution >= 4 is 23.6 Å². The number of nitrogens with one attached hydrogen (secondary N) is 3. The first-order valence-corrected chi connectivity index (χ1v) is 10.6. The molecule has 178 valence electrons. The molecule has 2 aromatic rings. The topological polar surface area (TPSA) is 115 Å². The molecular formula is C24H31N3O6. The zero-order chi connectivity index (χ0) is 24.3. The van der Waals surface area contributed by atoms with Gasteiger partial charge in [-0.05, 0) is 69.7 Å². The Kier molecular flexibility index (Phi) is 9.53. The molecule has 0 aromatic heterocycles. The average molecular weight is 458 g/mol. The van der Waals surface area contributed by atoms with Gasteiger partial charge in [-0.3, -0.25) is 9.59 Å². The van der Waals surface area contributed by atoms with E-state index in [0.717, 1.165) is 11.3 Å². The second kappa shape index (κ2) is 12.3. The molecule has 0 heterocycles. The van der Waals surface area contributed by atoms with Crippen molar-refractivity contribution in [3.8, 4) is 11.5 Å². The molecule has 9 nitrogen and oxygen atoms in total. The number of amides is 3. The van der Waals surface area contributed by atoms with E-state index in [-0.39, 0.29) is 25.0 Å². The van der Waals surface area contributed by atoms with Gasteiger partial charge in [0.2, 0.25) is 5.91 Å². The van der Waals surface area contributed by atoms with Gasteiger partial charge in [0.15, 0.2) is 6.61 Å². The van der Waals surface area contributed by atoms with E-state index in [1.54, 1.807) is 69.3 Å². The number of carbonyl (C=O) groups is 3. The predicted octanol–water partition coefficient (Wildman–Crippen LogP) is 3.24. The van der Waals surface area contributed by atoms with Gasteiger partial charge in [0.1, 0.15) is 23.6 Å². The third-order valence-corrected chi connectivity index (χ3v) is 4.02. The number of carbonyl (C=O) groups excluding carboxylic acids is 3. The summed E-state index contributed by atoms with van der Waals surface area (Å²) in [5.74, 6) is 0.686. The fourth-order valence-corrected chi connectivity index (χ4v) is 2.58. The van der Waals surface area contributed by atoms with Crippen LogP contribution in [0.25, 0.3) is 0 Å². The minimum absolute atomic E-state index is 0.104. The van der Waals surface area contributed by atoms with E-state index >= 15 is 0 Å². The lowest BCUT2D eigenvalue weighted by Crippen LogP contribution is -2.37. The van der Waals surface area contributed by atoms with E-state index in [2.05, 4.69) is 16.0 Å². The van der Waals surface area contributed by atoms with Crippen molar-refractivity contribution in [2.75, 3.05) is 25.1 Å². The lowest BCUT2D eigenvalue weighted by Gasteiger charge is -2.19. The Morgan fingerprint density at radius 3 is 2.00 bits per heavy atom. The second-order valence-corrected chi connectivity index (χ2v) is 8.07. The number of hydrogen-bond acceptors (Lipinski definition) is 6. The first-order chi connectivity index (χ1) is 15.6. The Balaban J connectivity index is 1.69. The standard InChI is InChI=1S/C24H31N3O6/c1-5-31-19-10-12-20(13-11-19)32-16-22(29)25-14-17-6-8-18(9-7-17)27-21(28)15-26-23(30)33-24(2,3)4/h6-13H,5,14-16H2,1-4H3,(H,25,29)(H,26,30)(H,27,28). The van der Waals surface area contributed by atoms with Crippen molar-refractivity contribution in [1.82, 2.24) is 10.6 Å². The first kappa shape index (κ1) is 25.5. The number of rotatable bonds is 10. The predicted molar refractivity (Wildman–Crippen MR) is 124 cm³/mol. The number of hydrogen-bond donors (Lipinski definition) is 3. The number of anilines is 1. The van der Waals surface area contributed by atoms with Crippen LogP contribution >= 0.6 is 0 Å². The molecule has 0 radical (unpaired) electrons. The van der Waals surface area contributed by atoms with Crippen molar-refractivity contribution in [2.24, 2.45) is 0 Å². The van der Waals surface area contributed by atoms with Crippen LogP contribution in [0.3, 0.4) is 0 Å². The highest BCUT2D eigenvalue weighted by Crippen LogP contribution is 2.17. The molecule has 0 aliphatic carbocycles. The maximum Gasteiger partial charge on any atom is 0.408 e. The van der Waals surface area contributed by atoms with Crippen LogP contribution in [0.1, 0.15) is 33.3 Å². The second-order valence-electron chi connectivity index (χ2n) is 8.07. The Labute approximate surface area is 193 Å². The molecule has 0 aliphatic rings. The molecule has 0 unspecified atom stereocenters. The van der Waals surface area contributed by atoms with Crippen molar-refractivity contribution in [2.45, 2.75) is 39.8 Å². The monoisotopic (exact) mass is 457 g/mol. The van der Waals surface area contributed by atoms with E-state index < -0.39 is 11.7 Å². The number of alkyl carbamates (subject to hydrolysis) is 1. The SMILES string of the molecule is CCOc1ccc(OCC(=O)NCc2ccc(NC(=O)CNC(=O)OC(C)(C)C)cc2)cc1. The lowest BCUT2D eigenvalue weighted by atomic mass is 10.2. The van der Waals surface area contributed by atoms with Crippen LogP contribution in [0.15, 0.2) is 48.5 Å². The first-order valence-electron chi connectivity index (χ1n) is 10.6. The third-order valence-electron chi connectivity index (χ3n) is 4.02. The minimum Gasteiger partial charge on any atom is -0.494 e. The van der Waals surface area contributed by atoms with E-state index in [1.165, 1.54) is 0 Å². The highest BCUT2D eigenvalue weighted by molar-refractivity contribution is 5.93. The summed E-state index contributed by atoms with van der Waals surface area (Å²) >= 11 is 0. The summed E-state index contributed by atoms with van der Waals surface area (Å²) in [7, 11) is 0. The van der Waals surface area contributed by atoms with Crippen LogP contribution in [0.2, 0.25) is 0 Å². The van der Waals surface area contributed by atoms with Crippen molar-refractivity contribution in [3.63, 3.8) is 0 Å². The zero-order valence-corrected chi connectivity index (χ0v) is 19.4. The molecule has 0 spiro atoms. The van der Waals surface area contributed by atoms with Gasteiger partial charge in [0.05, 0.1) is 6.61 Å². The highest BCUT2D eigenvalue weighted by atomic mass is 16.6. The molecule has 0 atom stereocenters. The fourth-order valence-electron chi connectivity index (χ4n) is 2.58. The maximum absolute atomic E-state index is 12.0. The molecule has 0 fully saturated rings.